The van der Waals surface area contributed by atoms with Gasteiger partial charge in [-0.1, -0.05) is 25.3 Å². The summed E-state index contributed by atoms with van der Waals surface area (Å²) in [6.45, 7) is 0.708. The highest BCUT2D eigenvalue weighted by Gasteiger charge is 2.28. The summed E-state index contributed by atoms with van der Waals surface area (Å²) < 4.78 is 0. The van der Waals surface area contributed by atoms with Crippen molar-refractivity contribution in [1.29, 1.82) is 0 Å². The van der Waals surface area contributed by atoms with Crippen LogP contribution in [0.15, 0.2) is 35.8 Å². The summed E-state index contributed by atoms with van der Waals surface area (Å²) in [6, 6.07) is 7.79. The molecule has 3 aromatic heterocycles. The van der Waals surface area contributed by atoms with Gasteiger partial charge in [0, 0.05) is 12.7 Å². The Labute approximate surface area is 151 Å². The summed E-state index contributed by atoms with van der Waals surface area (Å²) in [6.07, 6.45) is 7.82. The van der Waals surface area contributed by atoms with E-state index in [2.05, 4.69) is 20.3 Å². The zero-order chi connectivity index (χ0) is 17.1. The first-order valence-corrected chi connectivity index (χ1v) is 9.74. The summed E-state index contributed by atoms with van der Waals surface area (Å²) in [7, 11) is 0. The number of pyridine rings is 1. The molecule has 0 atom stereocenters. The molecule has 3 aromatic rings. The lowest BCUT2D eigenvalue weighted by Crippen LogP contribution is -2.33. The van der Waals surface area contributed by atoms with Gasteiger partial charge in [-0.05, 0) is 42.8 Å². The molecule has 0 radical (unpaired) electrons. The lowest BCUT2D eigenvalue weighted by atomic mass is 9.82. The van der Waals surface area contributed by atoms with E-state index in [-0.39, 0.29) is 0 Å². The predicted molar refractivity (Wildman–Crippen MR) is 102 cm³/mol. The molecule has 0 saturated heterocycles. The van der Waals surface area contributed by atoms with Crippen molar-refractivity contribution in [3.05, 3.63) is 35.8 Å². The molecule has 4 rings (SSSR count). The van der Waals surface area contributed by atoms with Crippen LogP contribution in [0.3, 0.4) is 0 Å². The second-order valence-corrected chi connectivity index (χ2v) is 7.61. The van der Waals surface area contributed by atoms with Crippen LogP contribution in [0.25, 0.3) is 21.7 Å². The second-order valence-electron chi connectivity index (χ2n) is 6.71. The zero-order valence-corrected chi connectivity index (χ0v) is 14.9. The quantitative estimate of drug-likeness (QED) is 0.717. The van der Waals surface area contributed by atoms with Crippen LogP contribution in [-0.4, -0.2) is 32.2 Å². The number of hydrogen-bond acceptors (Lipinski definition) is 6. The number of rotatable bonds is 5. The minimum Gasteiger partial charge on any atom is -0.390 e. The maximum Gasteiger partial charge on any atom is 0.181 e. The highest BCUT2D eigenvalue weighted by atomic mass is 32.1. The van der Waals surface area contributed by atoms with Crippen LogP contribution in [0.5, 0.6) is 0 Å². The van der Waals surface area contributed by atoms with E-state index < -0.39 is 5.60 Å². The molecule has 0 bridgehead atoms. The van der Waals surface area contributed by atoms with Crippen LogP contribution in [0.2, 0.25) is 0 Å². The smallest absolute Gasteiger partial charge is 0.181 e. The molecule has 1 saturated carbocycles. The van der Waals surface area contributed by atoms with E-state index in [1.54, 1.807) is 17.5 Å². The van der Waals surface area contributed by atoms with Gasteiger partial charge in [0.1, 0.15) is 16.3 Å². The molecule has 5 nitrogen and oxygen atoms in total. The van der Waals surface area contributed by atoms with Crippen molar-refractivity contribution < 1.29 is 5.11 Å². The predicted octanol–water partition coefficient (Wildman–Crippen LogP) is 4.25. The molecule has 0 spiro atoms. The average molecular weight is 354 g/mol. The maximum atomic E-state index is 10.7. The summed E-state index contributed by atoms with van der Waals surface area (Å²) in [4.78, 5) is 14.6. The molecule has 130 valence electrons. The van der Waals surface area contributed by atoms with Crippen molar-refractivity contribution >= 4 is 27.4 Å². The molecule has 1 aliphatic carbocycles. The summed E-state index contributed by atoms with van der Waals surface area (Å²) in [5.74, 6) is 1.46. The number of anilines is 1. The van der Waals surface area contributed by atoms with Crippen molar-refractivity contribution in [3.63, 3.8) is 0 Å². The third-order valence-corrected chi connectivity index (χ3v) is 5.69. The van der Waals surface area contributed by atoms with Crippen LogP contribution in [-0.2, 0) is 0 Å². The van der Waals surface area contributed by atoms with Crippen molar-refractivity contribution in [2.24, 2.45) is 0 Å². The second kappa shape index (κ2) is 7.06. The molecule has 2 N–H and O–H groups in total. The van der Waals surface area contributed by atoms with E-state index in [0.29, 0.717) is 12.4 Å². The largest absolute Gasteiger partial charge is 0.390 e. The number of fused-ring (bicyclic) bond motifs is 1. The average Bonchev–Trinajstić information content (AvgIpc) is 3.12. The highest BCUT2D eigenvalue weighted by Crippen LogP contribution is 2.32. The van der Waals surface area contributed by atoms with Crippen LogP contribution in [0.4, 0.5) is 5.82 Å². The van der Waals surface area contributed by atoms with Gasteiger partial charge in [0.2, 0.25) is 0 Å². The summed E-state index contributed by atoms with van der Waals surface area (Å²) >= 11 is 1.60. The normalized spacial score (nSPS) is 16.8. The van der Waals surface area contributed by atoms with E-state index in [4.69, 9.17) is 0 Å². The Kier molecular flexibility index (Phi) is 4.63. The fourth-order valence-electron chi connectivity index (χ4n) is 3.47. The maximum absolute atomic E-state index is 10.7. The van der Waals surface area contributed by atoms with Crippen molar-refractivity contribution in [2.45, 2.75) is 44.1 Å². The minimum atomic E-state index is -0.518. The fourth-order valence-corrected chi connectivity index (χ4v) is 4.24. The van der Waals surface area contributed by atoms with Gasteiger partial charge in [-0.25, -0.2) is 9.97 Å². The molecular formula is C19H22N4OS. The van der Waals surface area contributed by atoms with Gasteiger partial charge in [-0.3, -0.25) is 4.98 Å². The third kappa shape index (κ3) is 3.65. The number of aliphatic hydroxyl groups is 1. The SMILES string of the molecule is OC1(CCNc2nc(-c3ccccn3)nc3sccc23)CCCCC1. The van der Waals surface area contributed by atoms with Gasteiger partial charge in [0.25, 0.3) is 0 Å². The standard InChI is InChI=1S/C19H22N4OS/c24-19(8-3-1-4-9-19)10-12-21-16-14-7-13-25-18(14)23-17(22-16)15-6-2-5-11-20-15/h2,5-7,11,13,24H,1,3-4,8-10,12H2,(H,21,22,23). The number of nitrogens with zero attached hydrogens (tertiary/aromatic N) is 3. The van der Waals surface area contributed by atoms with E-state index in [0.717, 1.165) is 53.8 Å². The van der Waals surface area contributed by atoms with Crippen molar-refractivity contribution in [3.8, 4) is 11.5 Å². The Hall–Kier alpha value is -2.05. The zero-order valence-electron chi connectivity index (χ0n) is 14.1. The number of hydrogen-bond donors (Lipinski definition) is 2. The van der Waals surface area contributed by atoms with Gasteiger partial charge >= 0.3 is 0 Å². The number of aromatic nitrogens is 3. The van der Waals surface area contributed by atoms with Crippen LogP contribution < -0.4 is 5.32 Å². The van der Waals surface area contributed by atoms with Gasteiger partial charge in [-0.15, -0.1) is 11.3 Å². The molecule has 3 heterocycles. The molecule has 0 aliphatic heterocycles. The lowest BCUT2D eigenvalue weighted by molar-refractivity contribution is -0.000553. The summed E-state index contributed by atoms with van der Waals surface area (Å²) in [5.41, 5.74) is 0.252. The summed E-state index contributed by atoms with van der Waals surface area (Å²) in [5, 5.41) is 17.2. The number of thiophene rings is 1. The fraction of sp³-hybridized carbons (Fsp3) is 0.421. The highest BCUT2D eigenvalue weighted by molar-refractivity contribution is 7.16. The Morgan fingerprint density at radius 3 is 2.80 bits per heavy atom. The molecule has 1 aliphatic rings. The third-order valence-electron chi connectivity index (χ3n) is 4.89. The van der Waals surface area contributed by atoms with Gasteiger partial charge in [0.15, 0.2) is 5.82 Å². The van der Waals surface area contributed by atoms with Crippen LogP contribution in [0.1, 0.15) is 38.5 Å². The molecule has 1 fully saturated rings. The molecular weight excluding hydrogens is 332 g/mol. The first kappa shape index (κ1) is 16.4. The first-order valence-electron chi connectivity index (χ1n) is 8.86. The lowest BCUT2D eigenvalue weighted by Gasteiger charge is -2.32. The van der Waals surface area contributed by atoms with Gasteiger partial charge in [-0.2, -0.15) is 0 Å². The Balaban J connectivity index is 1.55. The molecule has 0 aromatic carbocycles. The van der Waals surface area contributed by atoms with E-state index in [1.165, 1.54) is 6.42 Å². The Morgan fingerprint density at radius 2 is 2.00 bits per heavy atom. The molecule has 25 heavy (non-hydrogen) atoms. The first-order chi connectivity index (χ1) is 12.2. The Morgan fingerprint density at radius 1 is 1.12 bits per heavy atom. The topological polar surface area (TPSA) is 70.9 Å². The van der Waals surface area contributed by atoms with Crippen molar-refractivity contribution in [2.75, 3.05) is 11.9 Å². The number of nitrogens with one attached hydrogen (secondary N) is 1. The Bertz CT molecular complexity index is 843. The molecule has 0 amide bonds. The van der Waals surface area contributed by atoms with Crippen molar-refractivity contribution in [1.82, 2.24) is 15.0 Å². The molecule has 6 heteroatoms. The minimum absolute atomic E-state index is 0.518. The van der Waals surface area contributed by atoms with Gasteiger partial charge < -0.3 is 10.4 Å². The monoisotopic (exact) mass is 354 g/mol. The van der Waals surface area contributed by atoms with Gasteiger partial charge in [0.05, 0.1) is 11.0 Å². The van der Waals surface area contributed by atoms with E-state index in [1.807, 2.05) is 29.6 Å². The van der Waals surface area contributed by atoms with E-state index >= 15 is 0 Å². The van der Waals surface area contributed by atoms with Crippen LogP contribution in [0, 0.1) is 0 Å². The molecule has 0 unspecified atom stereocenters. The van der Waals surface area contributed by atoms with Crippen LogP contribution >= 0.6 is 11.3 Å². The van der Waals surface area contributed by atoms with E-state index in [9.17, 15) is 5.11 Å².